The number of likely N-dealkylation sites (N-methyl/N-ethyl adjacent to an activating group) is 1. The SMILES string of the molecule is CNC(=O)Cc1csc(NC(=O)c2ccc(N3CCC(Cc4ccccc4)CC3)nn2)n1. The van der Waals surface area contributed by atoms with E-state index < -0.39 is 0 Å². The highest BCUT2D eigenvalue weighted by Gasteiger charge is 2.21. The molecule has 166 valence electrons. The third-order valence-corrected chi connectivity index (χ3v) is 6.39. The monoisotopic (exact) mass is 450 g/mol. The van der Waals surface area contributed by atoms with Crippen molar-refractivity contribution in [3.05, 3.63) is 64.8 Å². The van der Waals surface area contributed by atoms with Crippen LogP contribution in [0.4, 0.5) is 10.9 Å². The van der Waals surface area contributed by atoms with Crippen LogP contribution in [0.3, 0.4) is 0 Å². The summed E-state index contributed by atoms with van der Waals surface area (Å²) in [6.45, 7) is 1.87. The molecule has 1 aliphatic rings. The first-order valence-electron chi connectivity index (χ1n) is 10.7. The molecule has 0 spiro atoms. The standard InChI is InChI=1S/C23H26N6O2S/c1-24-21(30)14-18-15-32-23(25-18)26-22(31)19-7-8-20(28-27-19)29-11-9-17(10-12-29)13-16-5-3-2-4-6-16/h2-8,15,17H,9-14H2,1H3,(H,24,30)(H,25,26,31). The Morgan fingerprint density at radius 3 is 2.56 bits per heavy atom. The van der Waals surface area contributed by atoms with Crippen molar-refractivity contribution in [2.75, 3.05) is 30.4 Å². The van der Waals surface area contributed by atoms with Gasteiger partial charge in [-0.25, -0.2) is 4.98 Å². The van der Waals surface area contributed by atoms with Gasteiger partial charge < -0.3 is 10.2 Å². The molecule has 1 fully saturated rings. The van der Waals surface area contributed by atoms with Crippen molar-refractivity contribution < 1.29 is 9.59 Å². The maximum atomic E-state index is 12.5. The van der Waals surface area contributed by atoms with Crippen LogP contribution in [0.5, 0.6) is 0 Å². The number of benzene rings is 1. The molecule has 0 bridgehead atoms. The van der Waals surface area contributed by atoms with E-state index in [1.807, 2.05) is 6.07 Å². The summed E-state index contributed by atoms with van der Waals surface area (Å²) < 4.78 is 0. The van der Waals surface area contributed by atoms with Crippen LogP contribution in [0.15, 0.2) is 47.8 Å². The van der Waals surface area contributed by atoms with E-state index >= 15 is 0 Å². The summed E-state index contributed by atoms with van der Waals surface area (Å²) in [6, 6.07) is 14.2. The van der Waals surface area contributed by atoms with Crippen LogP contribution < -0.4 is 15.5 Å². The zero-order chi connectivity index (χ0) is 22.3. The van der Waals surface area contributed by atoms with Gasteiger partial charge in [0.15, 0.2) is 16.6 Å². The van der Waals surface area contributed by atoms with Gasteiger partial charge >= 0.3 is 0 Å². The molecule has 2 aromatic heterocycles. The van der Waals surface area contributed by atoms with Gasteiger partial charge in [-0.2, -0.15) is 0 Å². The van der Waals surface area contributed by atoms with E-state index in [1.54, 1.807) is 18.5 Å². The zero-order valence-corrected chi connectivity index (χ0v) is 18.8. The molecule has 4 rings (SSSR count). The first kappa shape index (κ1) is 21.9. The van der Waals surface area contributed by atoms with Crippen LogP contribution in [0.2, 0.25) is 0 Å². The quantitative estimate of drug-likeness (QED) is 0.574. The molecule has 9 heteroatoms. The molecular formula is C23H26N6O2S. The molecule has 3 aromatic rings. The average Bonchev–Trinajstić information content (AvgIpc) is 3.26. The Morgan fingerprint density at radius 1 is 1.09 bits per heavy atom. The minimum Gasteiger partial charge on any atom is -0.359 e. The summed E-state index contributed by atoms with van der Waals surface area (Å²) >= 11 is 1.27. The third-order valence-electron chi connectivity index (χ3n) is 5.58. The van der Waals surface area contributed by atoms with E-state index in [4.69, 9.17) is 0 Å². The van der Waals surface area contributed by atoms with E-state index in [2.05, 4.69) is 61.0 Å². The molecule has 1 aromatic carbocycles. The van der Waals surface area contributed by atoms with Gasteiger partial charge in [-0.15, -0.1) is 21.5 Å². The summed E-state index contributed by atoms with van der Waals surface area (Å²) in [4.78, 5) is 30.4. The molecule has 2 amide bonds. The van der Waals surface area contributed by atoms with E-state index in [-0.39, 0.29) is 23.9 Å². The average molecular weight is 451 g/mol. The summed E-state index contributed by atoms with van der Waals surface area (Å²) in [5, 5.41) is 15.8. The molecular weight excluding hydrogens is 424 g/mol. The van der Waals surface area contributed by atoms with Crippen molar-refractivity contribution in [2.45, 2.75) is 25.7 Å². The Labute approximate surface area is 191 Å². The molecule has 2 N–H and O–H groups in total. The Balaban J connectivity index is 1.28. The van der Waals surface area contributed by atoms with Crippen molar-refractivity contribution in [3.63, 3.8) is 0 Å². The van der Waals surface area contributed by atoms with Crippen molar-refractivity contribution in [3.8, 4) is 0 Å². The van der Waals surface area contributed by atoms with Gasteiger partial charge in [0.25, 0.3) is 5.91 Å². The van der Waals surface area contributed by atoms with Crippen molar-refractivity contribution in [2.24, 2.45) is 5.92 Å². The number of aromatic nitrogens is 3. The number of amides is 2. The van der Waals surface area contributed by atoms with Gasteiger partial charge in [-0.1, -0.05) is 30.3 Å². The number of nitrogens with zero attached hydrogens (tertiary/aromatic N) is 4. The maximum Gasteiger partial charge on any atom is 0.277 e. The number of piperidine rings is 1. The van der Waals surface area contributed by atoms with Crippen LogP contribution in [-0.4, -0.2) is 47.1 Å². The van der Waals surface area contributed by atoms with Crippen LogP contribution in [0, 0.1) is 5.92 Å². The maximum absolute atomic E-state index is 12.5. The number of rotatable bonds is 7. The minimum atomic E-state index is -0.369. The molecule has 0 radical (unpaired) electrons. The summed E-state index contributed by atoms with van der Waals surface area (Å²) in [7, 11) is 1.58. The first-order valence-corrected chi connectivity index (χ1v) is 11.6. The van der Waals surface area contributed by atoms with E-state index in [0.717, 1.165) is 38.2 Å². The summed E-state index contributed by atoms with van der Waals surface area (Å²) in [6.07, 6.45) is 3.52. The zero-order valence-electron chi connectivity index (χ0n) is 18.0. The number of carbonyl (C=O) groups excluding carboxylic acids is 2. The lowest BCUT2D eigenvalue weighted by molar-refractivity contribution is -0.120. The summed E-state index contributed by atoms with van der Waals surface area (Å²) in [5.74, 6) is 0.977. The number of hydrogen-bond acceptors (Lipinski definition) is 7. The van der Waals surface area contributed by atoms with E-state index in [0.29, 0.717) is 16.7 Å². The molecule has 32 heavy (non-hydrogen) atoms. The van der Waals surface area contributed by atoms with E-state index in [1.165, 1.54) is 16.9 Å². The number of carbonyl (C=O) groups is 2. The second kappa shape index (κ2) is 10.3. The molecule has 8 nitrogen and oxygen atoms in total. The largest absolute Gasteiger partial charge is 0.359 e. The number of thiazole rings is 1. The predicted molar refractivity (Wildman–Crippen MR) is 125 cm³/mol. The fraction of sp³-hybridized carbons (Fsp3) is 0.348. The number of anilines is 2. The van der Waals surface area contributed by atoms with Gasteiger partial charge in [0.05, 0.1) is 12.1 Å². The third kappa shape index (κ3) is 5.67. The van der Waals surface area contributed by atoms with Gasteiger partial charge in [-0.3, -0.25) is 14.9 Å². The molecule has 1 saturated heterocycles. The summed E-state index contributed by atoms with van der Waals surface area (Å²) in [5.41, 5.74) is 2.24. The highest BCUT2D eigenvalue weighted by atomic mass is 32.1. The van der Waals surface area contributed by atoms with Crippen LogP contribution in [-0.2, 0) is 17.6 Å². The van der Waals surface area contributed by atoms with Crippen molar-refractivity contribution >= 4 is 34.1 Å². The minimum absolute atomic E-state index is 0.126. The highest BCUT2D eigenvalue weighted by molar-refractivity contribution is 7.14. The molecule has 0 unspecified atom stereocenters. The molecule has 0 saturated carbocycles. The smallest absolute Gasteiger partial charge is 0.277 e. The normalized spacial score (nSPS) is 14.2. The Hall–Kier alpha value is -3.33. The first-order chi connectivity index (χ1) is 15.6. The van der Waals surface area contributed by atoms with Gasteiger partial charge in [-0.05, 0) is 42.9 Å². The van der Waals surface area contributed by atoms with Crippen molar-refractivity contribution in [1.82, 2.24) is 20.5 Å². The van der Waals surface area contributed by atoms with Gasteiger partial charge in [0, 0.05) is 25.5 Å². The van der Waals surface area contributed by atoms with Crippen molar-refractivity contribution in [1.29, 1.82) is 0 Å². The van der Waals surface area contributed by atoms with Gasteiger partial charge in [0.2, 0.25) is 5.91 Å². The lowest BCUT2D eigenvalue weighted by atomic mass is 9.90. The van der Waals surface area contributed by atoms with Gasteiger partial charge in [0.1, 0.15) is 0 Å². The molecule has 1 aliphatic heterocycles. The number of nitrogens with one attached hydrogen (secondary N) is 2. The fourth-order valence-corrected chi connectivity index (χ4v) is 4.49. The van der Waals surface area contributed by atoms with Crippen LogP contribution in [0.1, 0.15) is 34.6 Å². The fourth-order valence-electron chi connectivity index (χ4n) is 3.79. The molecule has 0 aliphatic carbocycles. The lowest BCUT2D eigenvalue weighted by Gasteiger charge is -2.32. The number of hydrogen-bond donors (Lipinski definition) is 2. The highest BCUT2D eigenvalue weighted by Crippen LogP contribution is 2.24. The Kier molecular flexibility index (Phi) is 7.06. The predicted octanol–water partition coefficient (Wildman–Crippen LogP) is 2.93. The lowest BCUT2D eigenvalue weighted by Crippen LogP contribution is -2.35. The Morgan fingerprint density at radius 2 is 1.88 bits per heavy atom. The second-order valence-electron chi connectivity index (χ2n) is 7.84. The van der Waals surface area contributed by atoms with Crippen LogP contribution >= 0.6 is 11.3 Å². The van der Waals surface area contributed by atoms with Crippen LogP contribution in [0.25, 0.3) is 0 Å². The second-order valence-corrected chi connectivity index (χ2v) is 8.70. The Bertz CT molecular complexity index is 1050. The van der Waals surface area contributed by atoms with E-state index in [9.17, 15) is 9.59 Å². The topological polar surface area (TPSA) is 100 Å². The molecule has 0 atom stereocenters. The molecule has 3 heterocycles.